The average molecular weight is 506 g/mol. The first-order valence-corrected chi connectivity index (χ1v) is 12.9. The summed E-state index contributed by atoms with van der Waals surface area (Å²) in [4.78, 5) is 15.8. The van der Waals surface area contributed by atoms with Gasteiger partial charge in [0.05, 0.1) is 24.1 Å². The summed E-state index contributed by atoms with van der Waals surface area (Å²) in [6.07, 6.45) is 4.04. The third-order valence-corrected chi connectivity index (χ3v) is 6.96. The molecular weight excluding hydrogens is 474 g/mol. The maximum Gasteiger partial charge on any atom is 0.242 e. The molecule has 34 heavy (non-hydrogen) atoms. The van der Waals surface area contributed by atoms with Crippen LogP contribution in [0.4, 0.5) is 5.69 Å². The summed E-state index contributed by atoms with van der Waals surface area (Å²) in [5.74, 6) is 0.350. The number of pyridine rings is 1. The van der Waals surface area contributed by atoms with Crippen LogP contribution in [0.25, 0.3) is 22.3 Å². The molecule has 184 valence electrons. The van der Waals surface area contributed by atoms with Gasteiger partial charge in [0.1, 0.15) is 12.7 Å². The van der Waals surface area contributed by atoms with Gasteiger partial charge in [-0.3, -0.25) is 4.98 Å². The number of anilines is 1. The minimum Gasteiger partial charge on any atom is -0.473 e. The third kappa shape index (κ3) is 5.96. The summed E-state index contributed by atoms with van der Waals surface area (Å²) in [6, 6.07) is 10.1. The van der Waals surface area contributed by atoms with Crippen molar-refractivity contribution in [1.29, 1.82) is 0 Å². The largest absolute Gasteiger partial charge is 0.473 e. The van der Waals surface area contributed by atoms with Gasteiger partial charge < -0.3 is 14.4 Å². The molecule has 3 aromatic rings. The molecule has 1 aliphatic heterocycles. The molecule has 0 aliphatic carbocycles. The second kappa shape index (κ2) is 11.3. The summed E-state index contributed by atoms with van der Waals surface area (Å²) in [7, 11) is -3.28. The van der Waals surface area contributed by atoms with Gasteiger partial charge >= 0.3 is 0 Å². The Bertz CT molecular complexity index is 1200. The highest BCUT2D eigenvalue weighted by Crippen LogP contribution is 2.28. The Morgan fingerprint density at radius 1 is 1.15 bits per heavy atom. The molecule has 0 spiro atoms. The van der Waals surface area contributed by atoms with Crippen molar-refractivity contribution in [3.05, 3.63) is 42.7 Å². The first kappa shape index (κ1) is 26.1. The normalized spacial score (nSPS) is 16.7. The number of ether oxygens (including phenoxy) is 2. The van der Waals surface area contributed by atoms with Crippen LogP contribution in [0.2, 0.25) is 0 Å². The molecular formula is C23H31N5O4S2. The zero-order valence-electron chi connectivity index (χ0n) is 19.6. The number of morpholine rings is 1. The Hall–Kier alpha value is -2.47. The number of aromatic nitrogens is 3. The molecule has 1 fully saturated rings. The van der Waals surface area contributed by atoms with E-state index in [4.69, 9.17) is 14.5 Å². The Morgan fingerprint density at radius 2 is 1.85 bits per heavy atom. The molecule has 1 aromatic carbocycles. The van der Waals surface area contributed by atoms with Gasteiger partial charge in [0.25, 0.3) is 0 Å². The van der Waals surface area contributed by atoms with Crippen LogP contribution in [0.1, 0.15) is 13.8 Å². The van der Waals surface area contributed by atoms with Crippen LogP contribution >= 0.6 is 13.5 Å². The molecule has 0 amide bonds. The third-order valence-electron chi connectivity index (χ3n) is 5.69. The smallest absolute Gasteiger partial charge is 0.242 e. The van der Waals surface area contributed by atoms with Crippen LogP contribution in [0.15, 0.2) is 42.7 Å². The molecule has 2 aromatic heterocycles. The number of rotatable bonds is 8. The lowest BCUT2D eigenvalue weighted by Gasteiger charge is -2.30. The Kier molecular flexibility index (Phi) is 8.69. The summed E-state index contributed by atoms with van der Waals surface area (Å²) in [5.41, 5.74) is 4.06. The summed E-state index contributed by atoms with van der Waals surface area (Å²) in [6.45, 7) is 7.24. The number of fused-ring (bicyclic) bond motifs is 1. The van der Waals surface area contributed by atoms with Crippen molar-refractivity contribution in [2.24, 2.45) is 0 Å². The fraction of sp³-hybridized carbons (Fsp3) is 0.435. The van der Waals surface area contributed by atoms with E-state index in [0.717, 1.165) is 30.0 Å². The standard InChI is InChI=1S/C23H29N5O4S.H2S/c1-4-27(5-2)18-8-6-17(7-9-18)20-14-21-22(25-11-10-24-21)23(26-20)32-16-19-15-28(12-13-31-19)33(3,29)30;/h6-11,14,19H,4-5,12-13,15-16H2,1-3H3;1H2/t19-;/m0./s1. The lowest BCUT2D eigenvalue weighted by molar-refractivity contribution is -0.0252. The first-order valence-electron chi connectivity index (χ1n) is 11.1. The SMILES string of the molecule is CCN(CC)c1ccc(-c2cc3nccnc3c(OC[C@@H]3CN(S(C)(=O)=O)CCO3)n2)cc1.S. The lowest BCUT2D eigenvalue weighted by Crippen LogP contribution is -2.47. The zero-order chi connectivity index (χ0) is 23.4. The van der Waals surface area contributed by atoms with Crippen molar-refractivity contribution in [3.63, 3.8) is 0 Å². The van der Waals surface area contributed by atoms with Crippen molar-refractivity contribution in [2.45, 2.75) is 20.0 Å². The maximum atomic E-state index is 11.9. The molecule has 3 heterocycles. The second-order valence-corrected chi connectivity index (χ2v) is 9.86. The van der Waals surface area contributed by atoms with Gasteiger partial charge in [-0.25, -0.2) is 18.4 Å². The molecule has 0 saturated carbocycles. The number of nitrogens with zero attached hydrogens (tertiary/aromatic N) is 5. The summed E-state index contributed by atoms with van der Waals surface area (Å²) < 4.78 is 36.9. The van der Waals surface area contributed by atoms with E-state index in [1.54, 1.807) is 12.4 Å². The molecule has 9 nitrogen and oxygen atoms in total. The van der Waals surface area contributed by atoms with Crippen LogP contribution in [0.3, 0.4) is 0 Å². The molecule has 1 saturated heterocycles. The van der Waals surface area contributed by atoms with Gasteiger partial charge in [0.15, 0.2) is 5.52 Å². The van der Waals surface area contributed by atoms with Crippen LogP contribution in [-0.4, -0.2) is 79.4 Å². The molecule has 1 aliphatic rings. The van der Waals surface area contributed by atoms with Gasteiger partial charge in [-0.15, -0.1) is 0 Å². The highest BCUT2D eigenvalue weighted by molar-refractivity contribution is 7.88. The van der Waals surface area contributed by atoms with Crippen molar-refractivity contribution in [1.82, 2.24) is 19.3 Å². The maximum absolute atomic E-state index is 11.9. The van der Waals surface area contributed by atoms with E-state index in [1.165, 1.54) is 10.6 Å². The van der Waals surface area contributed by atoms with Crippen molar-refractivity contribution in [2.75, 3.05) is 50.5 Å². The van der Waals surface area contributed by atoms with E-state index in [1.807, 2.05) is 18.2 Å². The van der Waals surface area contributed by atoms with E-state index in [9.17, 15) is 8.42 Å². The monoisotopic (exact) mass is 505 g/mol. The van der Waals surface area contributed by atoms with E-state index in [-0.39, 0.29) is 32.8 Å². The molecule has 0 N–H and O–H groups in total. The molecule has 0 bridgehead atoms. The fourth-order valence-corrected chi connectivity index (χ4v) is 4.73. The molecule has 11 heteroatoms. The Morgan fingerprint density at radius 3 is 2.53 bits per heavy atom. The average Bonchev–Trinajstić information content (AvgIpc) is 2.83. The van der Waals surface area contributed by atoms with Crippen LogP contribution < -0.4 is 9.64 Å². The quantitative estimate of drug-likeness (QED) is 0.461. The second-order valence-electron chi connectivity index (χ2n) is 7.88. The topological polar surface area (TPSA) is 97.8 Å². The molecule has 4 rings (SSSR count). The van der Waals surface area contributed by atoms with Gasteiger partial charge in [0, 0.05) is 49.8 Å². The zero-order valence-corrected chi connectivity index (χ0v) is 21.5. The van der Waals surface area contributed by atoms with Crippen LogP contribution in [0.5, 0.6) is 5.88 Å². The molecule has 0 radical (unpaired) electrons. The minimum atomic E-state index is -3.28. The predicted octanol–water partition coefficient (Wildman–Crippen LogP) is 2.69. The van der Waals surface area contributed by atoms with Crippen molar-refractivity contribution < 1.29 is 17.9 Å². The number of sulfonamides is 1. The van der Waals surface area contributed by atoms with E-state index in [0.29, 0.717) is 30.1 Å². The highest BCUT2D eigenvalue weighted by atomic mass is 32.2. The number of benzene rings is 1. The van der Waals surface area contributed by atoms with E-state index >= 15 is 0 Å². The van der Waals surface area contributed by atoms with Crippen molar-refractivity contribution >= 4 is 40.2 Å². The van der Waals surface area contributed by atoms with Crippen LogP contribution in [0, 0.1) is 0 Å². The van der Waals surface area contributed by atoms with Crippen molar-refractivity contribution in [3.8, 4) is 17.1 Å². The van der Waals surface area contributed by atoms with Crippen LogP contribution in [-0.2, 0) is 14.8 Å². The van der Waals surface area contributed by atoms with E-state index < -0.39 is 10.0 Å². The van der Waals surface area contributed by atoms with Gasteiger partial charge in [0.2, 0.25) is 15.9 Å². The highest BCUT2D eigenvalue weighted by Gasteiger charge is 2.27. The van der Waals surface area contributed by atoms with Gasteiger partial charge in [-0.1, -0.05) is 12.1 Å². The fourth-order valence-electron chi connectivity index (χ4n) is 3.89. The molecule has 0 unspecified atom stereocenters. The number of hydrogen-bond acceptors (Lipinski definition) is 8. The molecule has 1 atom stereocenters. The predicted molar refractivity (Wildman–Crippen MR) is 138 cm³/mol. The Balaban J connectivity index is 0.00000324. The minimum absolute atomic E-state index is 0. The number of hydrogen-bond donors (Lipinski definition) is 0. The summed E-state index contributed by atoms with van der Waals surface area (Å²) in [5, 5.41) is 0. The van der Waals surface area contributed by atoms with E-state index in [2.05, 4.69) is 40.8 Å². The lowest BCUT2D eigenvalue weighted by atomic mass is 10.1. The van der Waals surface area contributed by atoms with Gasteiger partial charge in [-0.2, -0.15) is 17.8 Å². The first-order chi connectivity index (χ1) is 15.9. The van der Waals surface area contributed by atoms with Gasteiger partial charge in [-0.05, 0) is 32.0 Å². The Labute approximate surface area is 207 Å². The summed E-state index contributed by atoms with van der Waals surface area (Å²) >= 11 is 0.